The first-order valence-electron chi connectivity index (χ1n) is 10.8. The van der Waals surface area contributed by atoms with E-state index >= 15 is 0 Å². The molecule has 1 aliphatic carbocycles. The van der Waals surface area contributed by atoms with Crippen LogP contribution in [0.3, 0.4) is 0 Å². The molecule has 5 rings (SSSR count). The molecule has 0 bridgehead atoms. The third kappa shape index (κ3) is 4.27. The number of nitrogens with zero attached hydrogens (tertiary/aromatic N) is 2. The average Bonchev–Trinajstić information content (AvgIpc) is 3.56. The maximum absolute atomic E-state index is 13.1. The molecule has 2 heterocycles. The quantitative estimate of drug-likeness (QED) is 0.453. The normalized spacial score (nSPS) is 17.5. The number of hydrogen-bond acceptors (Lipinski definition) is 4. The molecule has 2 fully saturated rings. The van der Waals surface area contributed by atoms with E-state index < -0.39 is 17.8 Å². The molecule has 2 aromatic carbocycles. The molecule has 0 radical (unpaired) electrons. The second-order valence-corrected chi connectivity index (χ2v) is 8.27. The SMILES string of the molecule is O=C(Cn1cc(C=C2C(=O)NC(=O)N(Cc3ccccc3)C2=O)c2ccccc21)NC1CC1. The van der Waals surface area contributed by atoms with Gasteiger partial charge in [-0.1, -0.05) is 48.5 Å². The fraction of sp³-hybridized carbons (Fsp3) is 0.200. The Bertz CT molecular complexity index is 1300. The fourth-order valence-electron chi connectivity index (χ4n) is 3.94. The molecule has 2 aliphatic rings. The summed E-state index contributed by atoms with van der Waals surface area (Å²) in [5, 5.41) is 6.02. The number of urea groups is 1. The minimum absolute atomic E-state index is 0.0548. The van der Waals surface area contributed by atoms with E-state index in [0.717, 1.165) is 34.2 Å². The number of carbonyl (C=O) groups is 4. The first kappa shape index (κ1) is 20.7. The number of para-hydroxylation sites is 1. The number of rotatable bonds is 6. The molecule has 8 heteroatoms. The van der Waals surface area contributed by atoms with E-state index in [-0.39, 0.29) is 30.6 Å². The summed E-state index contributed by atoms with van der Waals surface area (Å²) in [6, 6.07) is 16.1. The number of amides is 5. The number of barbiturate groups is 1. The molecular weight excluding hydrogens is 420 g/mol. The summed E-state index contributed by atoms with van der Waals surface area (Å²) in [4.78, 5) is 51.4. The van der Waals surface area contributed by atoms with Crippen molar-refractivity contribution >= 4 is 40.7 Å². The molecule has 33 heavy (non-hydrogen) atoms. The van der Waals surface area contributed by atoms with Crippen LogP contribution in [0.2, 0.25) is 0 Å². The van der Waals surface area contributed by atoms with Crippen LogP contribution in [0.15, 0.2) is 66.4 Å². The van der Waals surface area contributed by atoms with Crippen molar-refractivity contribution in [3.8, 4) is 0 Å². The molecule has 5 amide bonds. The van der Waals surface area contributed by atoms with Gasteiger partial charge in [0.2, 0.25) is 5.91 Å². The van der Waals surface area contributed by atoms with Crippen molar-refractivity contribution in [3.05, 3.63) is 77.5 Å². The van der Waals surface area contributed by atoms with Crippen molar-refractivity contribution in [1.82, 2.24) is 20.1 Å². The molecule has 1 saturated heterocycles. The van der Waals surface area contributed by atoms with Gasteiger partial charge in [-0.2, -0.15) is 0 Å². The monoisotopic (exact) mass is 442 g/mol. The minimum atomic E-state index is -0.745. The van der Waals surface area contributed by atoms with Gasteiger partial charge in [0.15, 0.2) is 0 Å². The van der Waals surface area contributed by atoms with E-state index in [1.807, 2.05) is 42.5 Å². The molecule has 1 aromatic heterocycles. The fourth-order valence-corrected chi connectivity index (χ4v) is 3.94. The van der Waals surface area contributed by atoms with Crippen LogP contribution in [0.25, 0.3) is 17.0 Å². The van der Waals surface area contributed by atoms with Crippen molar-refractivity contribution in [2.75, 3.05) is 0 Å². The summed E-state index contributed by atoms with van der Waals surface area (Å²) in [6.07, 6.45) is 5.25. The number of benzene rings is 2. The van der Waals surface area contributed by atoms with Gasteiger partial charge >= 0.3 is 6.03 Å². The molecule has 8 nitrogen and oxygen atoms in total. The van der Waals surface area contributed by atoms with E-state index in [1.165, 1.54) is 6.08 Å². The van der Waals surface area contributed by atoms with E-state index in [4.69, 9.17) is 0 Å². The maximum atomic E-state index is 13.1. The number of imide groups is 2. The van der Waals surface area contributed by atoms with Crippen LogP contribution < -0.4 is 10.6 Å². The summed E-state index contributed by atoms with van der Waals surface area (Å²) >= 11 is 0. The zero-order valence-electron chi connectivity index (χ0n) is 17.8. The van der Waals surface area contributed by atoms with Crippen LogP contribution in [-0.2, 0) is 27.5 Å². The Balaban J connectivity index is 1.47. The van der Waals surface area contributed by atoms with Crippen molar-refractivity contribution in [2.24, 2.45) is 0 Å². The second kappa shape index (κ2) is 8.38. The van der Waals surface area contributed by atoms with Crippen molar-refractivity contribution in [2.45, 2.75) is 32.0 Å². The first-order valence-corrected chi connectivity index (χ1v) is 10.8. The number of aromatic nitrogens is 1. The van der Waals surface area contributed by atoms with Gasteiger partial charge in [0.1, 0.15) is 12.1 Å². The van der Waals surface area contributed by atoms with Crippen LogP contribution in [0.4, 0.5) is 4.79 Å². The lowest BCUT2D eigenvalue weighted by molar-refractivity contribution is -0.130. The van der Waals surface area contributed by atoms with Gasteiger partial charge in [0.05, 0.1) is 6.54 Å². The summed E-state index contributed by atoms with van der Waals surface area (Å²) in [6.45, 7) is 0.193. The largest absolute Gasteiger partial charge is 0.352 e. The van der Waals surface area contributed by atoms with Crippen LogP contribution in [0.5, 0.6) is 0 Å². The van der Waals surface area contributed by atoms with Gasteiger partial charge in [-0.25, -0.2) is 4.79 Å². The molecular formula is C25H22N4O4. The van der Waals surface area contributed by atoms with Crippen LogP contribution in [0, 0.1) is 0 Å². The molecule has 3 aromatic rings. The molecule has 0 spiro atoms. The highest BCUT2D eigenvalue weighted by Crippen LogP contribution is 2.26. The van der Waals surface area contributed by atoms with Crippen molar-refractivity contribution < 1.29 is 19.2 Å². The Kier molecular flexibility index (Phi) is 5.26. The Morgan fingerprint density at radius 3 is 2.52 bits per heavy atom. The molecule has 1 aliphatic heterocycles. The van der Waals surface area contributed by atoms with Crippen LogP contribution in [0.1, 0.15) is 24.0 Å². The Labute approximate surface area is 189 Å². The summed E-state index contributed by atoms with van der Waals surface area (Å²) < 4.78 is 1.80. The lowest BCUT2D eigenvalue weighted by Crippen LogP contribution is -2.53. The van der Waals surface area contributed by atoms with Gasteiger partial charge in [0.25, 0.3) is 11.8 Å². The van der Waals surface area contributed by atoms with Crippen molar-refractivity contribution in [1.29, 1.82) is 0 Å². The molecule has 0 atom stereocenters. The molecule has 2 N–H and O–H groups in total. The number of fused-ring (bicyclic) bond motifs is 1. The summed E-state index contributed by atoms with van der Waals surface area (Å²) in [5.41, 5.74) is 2.08. The summed E-state index contributed by atoms with van der Waals surface area (Å²) in [7, 11) is 0. The highest BCUT2D eigenvalue weighted by molar-refractivity contribution is 6.31. The van der Waals surface area contributed by atoms with Gasteiger partial charge in [-0.05, 0) is 30.5 Å². The Morgan fingerprint density at radius 2 is 1.76 bits per heavy atom. The highest BCUT2D eigenvalue weighted by atomic mass is 16.2. The zero-order chi connectivity index (χ0) is 22.9. The summed E-state index contributed by atoms with van der Waals surface area (Å²) in [5.74, 6) is -1.47. The molecule has 1 saturated carbocycles. The van der Waals surface area contributed by atoms with Gasteiger partial charge < -0.3 is 9.88 Å². The standard InChI is InChI=1S/C25H22N4O4/c30-22(26-18-10-11-18)15-28-14-17(19-8-4-5-9-21(19)28)12-20-23(31)27-25(33)29(24(20)32)13-16-6-2-1-3-7-16/h1-9,12,14,18H,10-11,13,15H2,(H,26,30)(H,27,31,33). The smallest absolute Gasteiger partial charge is 0.331 e. The zero-order valence-corrected chi connectivity index (χ0v) is 17.8. The van der Waals surface area contributed by atoms with Crippen LogP contribution in [-0.4, -0.2) is 39.3 Å². The predicted molar refractivity (Wildman–Crippen MR) is 122 cm³/mol. The van der Waals surface area contributed by atoms with E-state index in [2.05, 4.69) is 10.6 Å². The lowest BCUT2D eigenvalue weighted by atomic mass is 10.1. The lowest BCUT2D eigenvalue weighted by Gasteiger charge is -2.26. The Hall–Kier alpha value is -4.20. The highest BCUT2D eigenvalue weighted by Gasteiger charge is 2.36. The van der Waals surface area contributed by atoms with Gasteiger partial charge in [-0.15, -0.1) is 0 Å². The first-order chi connectivity index (χ1) is 16.0. The maximum Gasteiger partial charge on any atom is 0.331 e. The topological polar surface area (TPSA) is 101 Å². The van der Waals surface area contributed by atoms with Crippen molar-refractivity contribution in [3.63, 3.8) is 0 Å². The van der Waals surface area contributed by atoms with Gasteiger partial charge in [0, 0.05) is 28.7 Å². The predicted octanol–water partition coefficient (Wildman–Crippen LogP) is 2.58. The molecule has 0 unspecified atom stereocenters. The van der Waals surface area contributed by atoms with E-state index in [9.17, 15) is 19.2 Å². The third-order valence-corrected chi connectivity index (χ3v) is 5.74. The Morgan fingerprint density at radius 1 is 1.03 bits per heavy atom. The third-order valence-electron chi connectivity index (χ3n) is 5.74. The number of nitrogens with one attached hydrogen (secondary N) is 2. The second-order valence-electron chi connectivity index (χ2n) is 8.27. The average molecular weight is 442 g/mol. The van der Waals surface area contributed by atoms with E-state index in [1.54, 1.807) is 22.9 Å². The van der Waals surface area contributed by atoms with Gasteiger partial charge in [-0.3, -0.25) is 24.6 Å². The molecule has 166 valence electrons. The number of hydrogen-bond donors (Lipinski definition) is 2. The van der Waals surface area contributed by atoms with Crippen LogP contribution >= 0.6 is 0 Å². The number of carbonyl (C=O) groups excluding carboxylic acids is 4. The van der Waals surface area contributed by atoms with E-state index in [0.29, 0.717) is 5.56 Å². The minimum Gasteiger partial charge on any atom is -0.352 e.